The van der Waals surface area contributed by atoms with Crippen LogP contribution in [-0.2, 0) is 15.6 Å². The van der Waals surface area contributed by atoms with Gasteiger partial charge in [0.05, 0.1) is 27.5 Å². The third-order valence-electron chi connectivity index (χ3n) is 4.77. The van der Waals surface area contributed by atoms with Crippen LogP contribution < -0.4 is 11.5 Å². The number of fused-ring (bicyclic) bond motifs is 2. The molecular weight excluding hydrogens is 376 g/mol. The Hall–Kier alpha value is -3.45. The summed E-state index contributed by atoms with van der Waals surface area (Å²) in [5.41, 5.74) is 12.6. The summed E-state index contributed by atoms with van der Waals surface area (Å²) in [4.78, 5) is 25.6. The summed E-state index contributed by atoms with van der Waals surface area (Å²) in [6.45, 7) is 0. The van der Waals surface area contributed by atoms with Crippen molar-refractivity contribution in [2.75, 3.05) is 11.5 Å². The van der Waals surface area contributed by atoms with E-state index in [9.17, 15) is 18.0 Å². The largest absolute Gasteiger partial charge is 0.398 e. The van der Waals surface area contributed by atoms with Crippen LogP contribution in [0.4, 0.5) is 11.4 Å². The zero-order valence-corrected chi connectivity index (χ0v) is 15.5. The molecular formula is C21H16N2O4S. The number of ketones is 2. The molecule has 0 saturated heterocycles. The molecule has 0 fully saturated rings. The lowest BCUT2D eigenvalue weighted by atomic mass is 9.82. The highest BCUT2D eigenvalue weighted by Gasteiger charge is 2.36. The molecule has 28 heavy (non-hydrogen) atoms. The molecule has 0 amide bonds. The summed E-state index contributed by atoms with van der Waals surface area (Å²) in [6.07, 6.45) is 0. The van der Waals surface area contributed by atoms with Crippen LogP contribution in [-0.4, -0.2) is 20.0 Å². The molecule has 3 aromatic carbocycles. The standard InChI is InChI=1S/C21H16N2O4S/c22-15-10-16(28(26,27)11-12-6-2-1-3-7-12)19(23)18-17(15)20(24)13-8-4-5-9-14(13)21(18)25/h1-10H,11,22-23H2. The first-order valence-electron chi connectivity index (χ1n) is 8.48. The number of sulfone groups is 1. The fourth-order valence-electron chi connectivity index (χ4n) is 3.45. The van der Waals surface area contributed by atoms with Crippen LogP contribution in [0.25, 0.3) is 0 Å². The molecule has 0 unspecified atom stereocenters. The van der Waals surface area contributed by atoms with Crippen molar-refractivity contribution >= 4 is 32.8 Å². The minimum absolute atomic E-state index is 0.0418. The Morgan fingerprint density at radius 2 is 1.29 bits per heavy atom. The molecule has 6 nitrogen and oxygen atoms in total. The van der Waals surface area contributed by atoms with E-state index >= 15 is 0 Å². The maximum atomic E-state index is 13.0. The molecule has 1 aliphatic rings. The average Bonchev–Trinajstić information content (AvgIpc) is 2.68. The van der Waals surface area contributed by atoms with Gasteiger partial charge in [-0.25, -0.2) is 8.42 Å². The fourth-order valence-corrected chi connectivity index (χ4v) is 4.98. The van der Waals surface area contributed by atoms with E-state index in [1.54, 1.807) is 42.5 Å². The minimum atomic E-state index is -3.89. The van der Waals surface area contributed by atoms with Gasteiger partial charge in [0.15, 0.2) is 21.4 Å². The van der Waals surface area contributed by atoms with Gasteiger partial charge in [-0.1, -0.05) is 54.6 Å². The molecule has 0 heterocycles. The third-order valence-corrected chi connectivity index (χ3v) is 6.49. The summed E-state index contributed by atoms with van der Waals surface area (Å²) < 4.78 is 25.9. The van der Waals surface area contributed by atoms with Crippen molar-refractivity contribution in [1.29, 1.82) is 0 Å². The van der Waals surface area contributed by atoms with Crippen molar-refractivity contribution in [3.05, 3.63) is 88.5 Å². The molecule has 0 radical (unpaired) electrons. The minimum Gasteiger partial charge on any atom is -0.398 e. The Morgan fingerprint density at radius 1 is 0.750 bits per heavy atom. The Morgan fingerprint density at radius 3 is 1.89 bits per heavy atom. The van der Waals surface area contributed by atoms with Gasteiger partial charge in [0, 0.05) is 16.8 Å². The predicted molar refractivity (Wildman–Crippen MR) is 106 cm³/mol. The average molecular weight is 392 g/mol. The van der Waals surface area contributed by atoms with Crippen LogP contribution in [0, 0.1) is 0 Å². The number of nitrogen functional groups attached to an aromatic ring is 2. The molecule has 0 atom stereocenters. The van der Waals surface area contributed by atoms with E-state index < -0.39 is 21.4 Å². The Balaban J connectivity index is 1.91. The van der Waals surface area contributed by atoms with Crippen LogP contribution in [0.3, 0.4) is 0 Å². The molecule has 7 heteroatoms. The van der Waals surface area contributed by atoms with Gasteiger partial charge in [-0.15, -0.1) is 0 Å². The second-order valence-electron chi connectivity index (χ2n) is 6.58. The highest BCUT2D eigenvalue weighted by Crippen LogP contribution is 2.38. The molecule has 140 valence electrons. The Bertz CT molecular complexity index is 1250. The topological polar surface area (TPSA) is 120 Å². The molecule has 4 N–H and O–H groups in total. The lowest BCUT2D eigenvalue weighted by Gasteiger charge is -2.22. The molecule has 1 aliphatic carbocycles. The lowest BCUT2D eigenvalue weighted by Crippen LogP contribution is -2.25. The summed E-state index contributed by atoms with van der Waals surface area (Å²) in [6, 6.07) is 16.1. The van der Waals surface area contributed by atoms with Gasteiger partial charge in [0.2, 0.25) is 0 Å². The first kappa shape index (κ1) is 17.9. The number of benzene rings is 3. The van der Waals surface area contributed by atoms with E-state index in [1.807, 2.05) is 0 Å². The molecule has 0 aliphatic heterocycles. The third kappa shape index (κ3) is 2.68. The van der Waals surface area contributed by atoms with E-state index in [4.69, 9.17) is 11.5 Å². The number of hydrogen-bond donors (Lipinski definition) is 2. The molecule has 0 saturated carbocycles. The summed E-state index contributed by atoms with van der Waals surface area (Å²) in [5.74, 6) is -1.25. The van der Waals surface area contributed by atoms with Crippen LogP contribution in [0.2, 0.25) is 0 Å². The van der Waals surface area contributed by atoms with E-state index in [-0.39, 0.29) is 44.3 Å². The normalized spacial score (nSPS) is 13.1. The predicted octanol–water partition coefficient (Wildman–Crippen LogP) is 2.60. The molecule has 3 aromatic rings. The van der Waals surface area contributed by atoms with Gasteiger partial charge in [-0.2, -0.15) is 0 Å². The molecule has 0 bridgehead atoms. The van der Waals surface area contributed by atoms with Crippen molar-refractivity contribution in [3.8, 4) is 0 Å². The smallest absolute Gasteiger partial charge is 0.196 e. The van der Waals surface area contributed by atoms with E-state index in [1.165, 1.54) is 18.2 Å². The Kier molecular flexibility index (Phi) is 4.05. The van der Waals surface area contributed by atoms with Crippen LogP contribution in [0.1, 0.15) is 37.4 Å². The highest BCUT2D eigenvalue weighted by molar-refractivity contribution is 7.90. The first-order chi connectivity index (χ1) is 13.3. The zero-order chi connectivity index (χ0) is 20.1. The number of rotatable bonds is 3. The molecule has 4 rings (SSSR count). The maximum absolute atomic E-state index is 13.0. The van der Waals surface area contributed by atoms with Crippen LogP contribution >= 0.6 is 0 Å². The maximum Gasteiger partial charge on any atom is 0.196 e. The van der Waals surface area contributed by atoms with E-state index in [0.29, 0.717) is 5.56 Å². The van der Waals surface area contributed by atoms with Gasteiger partial charge in [-0.05, 0) is 11.6 Å². The first-order valence-corrected chi connectivity index (χ1v) is 10.1. The number of carbonyl (C=O) groups excluding carboxylic acids is 2. The van der Waals surface area contributed by atoms with Gasteiger partial charge in [0.25, 0.3) is 0 Å². The van der Waals surface area contributed by atoms with Crippen molar-refractivity contribution in [2.45, 2.75) is 10.6 Å². The SMILES string of the molecule is Nc1cc(S(=O)(=O)Cc2ccccc2)c(N)c2c1C(=O)c1ccccc1C2=O. The molecule has 0 spiro atoms. The summed E-state index contributed by atoms with van der Waals surface area (Å²) in [7, 11) is -3.89. The highest BCUT2D eigenvalue weighted by atomic mass is 32.2. The number of anilines is 2. The number of carbonyl (C=O) groups is 2. The Labute approximate surface area is 161 Å². The van der Waals surface area contributed by atoms with E-state index in [2.05, 4.69) is 0 Å². The number of hydrogen-bond acceptors (Lipinski definition) is 6. The second kappa shape index (κ2) is 6.31. The second-order valence-corrected chi connectivity index (χ2v) is 8.53. The fraction of sp³-hybridized carbons (Fsp3) is 0.0476. The summed E-state index contributed by atoms with van der Waals surface area (Å²) >= 11 is 0. The van der Waals surface area contributed by atoms with Crippen molar-refractivity contribution in [1.82, 2.24) is 0 Å². The van der Waals surface area contributed by atoms with Crippen molar-refractivity contribution in [3.63, 3.8) is 0 Å². The van der Waals surface area contributed by atoms with Gasteiger partial charge >= 0.3 is 0 Å². The van der Waals surface area contributed by atoms with Crippen molar-refractivity contribution in [2.24, 2.45) is 0 Å². The lowest BCUT2D eigenvalue weighted by molar-refractivity contribution is 0.0980. The summed E-state index contributed by atoms with van der Waals surface area (Å²) in [5, 5.41) is 0. The molecule has 0 aromatic heterocycles. The van der Waals surface area contributed by atoms with Crippen LogP contribution in [0.15, 0.2) is 65.6 Å². The zero-order valence-electron chi connectivity index (χ0n) is 14.7. The monoisotopic (exact) mass is 392 g/mol. The van der Waals surface area contributed by atoms with Crippen LogP contribution in [0.5, 0.6) is 0 Å². The van der Waals surface area contributed by atoms with Gasteiger partial charge in [0.1, 0.15) is 0 Å². The number of nitrogens with two attached hydrogens (primary N) is 2. The van der Waals surface area contributed by atoms with E-state index in [0.717, 1.165) is 0 Å². The quantitative estimate of drug-likeness (QED) is 0.517. The van der Waals surface area contributed by atoms with Gasteiger partial charge < -0.3 is 11.5 Å². The van der Waals surface area contributed by atoms with Gasteiger partial charge in [-0.3, -0.25) is 9.59 Å². The van der Waals surface area contributed by atoms with Crippen molar-refractivity contribution < 1.29 is 18.0 Å².